The minimum absolute atomic E-state index is 0.214. The topological polar surface area (TPSA) is 41.4 Å². The molecule has 2 aliphatic heterocycles. The Labute approximate surface area is 125 Å². The Morgan fingerprint density at radius 3 is 2.71 bits per heavy atom. The summed E-state index contributed by atoms with van der Waals surface area (Å²) in [6.45, 7) is 4.16. The molecule has 5 nitrogen and oxygen atoms in total. The molecule has 4 rings (SSSR count). The summed E-state index contributed by atoms with van der Waals surface area (Å²) in [6, 6.07) is 0. The van der Waals surface area contributed by atoms with Crippen molar-refractivity contribution in [3.8, 4) is 0 Å². The fourth-order valence-electron chi connectivity index (χ4n) is 4.44. The van der Waals surface area contributed by atoms with Gasteiger partial charge < -0.3 is 9.80 Å². The van der Waals surface area contributed by atoms with Crippen LogP contribution in [0.5, 0.6) is 0 Å². The highest BCUT2D eigenvalue weighted by Crippen LogP contribution is 2.36. The van der Waals surface area contributed by atoms with Gasteiger partial charge in [-0.25, -0.2) is 0 Å². The average Bonchev–Trinajstić information content (AvgIpc) is 3.19. The van der Waals surface area contributed by atoms with Crippen molar-refractivity contribution in [3.63, 3.8) is 0 Å². The molecular formula is C16H24N4O. The van der Waals surface area contributed by atoms with Crippen molar-refractivity contribution < 1.29 is 4.79 Å². The Bertz CT molecular complexity index is 534. The molecular weight excluding hydrogens is 264 g/mol. The lowest BCUT2D eigenvalue weighted by Gasteiger charge is -2.23. The van der Waals surface area contributed by atoms with E-state index in [1.807, 2.05) is 18.1 Å². The Morgan fingerprint density at radius 2 is 2.05 bits per heavy atom. The van der Waals surface area contributed by atoms with E-state index in [0.717, 1.165) is 31.2 Å². The summed E-state index contributed by atoms with van der Waals surface area (Å²) in [7, 11) is 1.90. The van der Waals surface area contributed by atoms with Gasteiger partial charge in [0.15, 0.2) is 0 Å². The molecule has 114 valence electrons. The number of aryl methyl sites for hydroxylation is 1. The van der Waals surface area contributed by atoms with Gasteiger partial charge in [-0.2, -0.15) is 5.10 Å². The Hall–Kier alpha value is -1.36. The van der Waals surface area contributed by atoms with Crippen molar-refractivity contribution in [2.75, 3.05) is 31.1 Å². The minimum atomic E-state index is 0.214. The maximum absolute atomic E-state index is 12.6. The van der Waals surface area contributed by atoms with Crippen LogP contribution in [0, 0.1) is 17.8 Å². The number of anilines is 1. The highest BCUT2D eigenvalue weighted by molar-refractivity contribution is 5.97. The first-order valence-electron chi connectivity index (χ1n) is 8.23. The smallest absolute Gasteiger partial charge is 0.231 e. The van der Waals surface area contributed by atoms with Crippen LogP contribution in [0.25, 0.3) is 0 Å². The summed E-state index contributed by atoms with van der Waals surface area (Å²) in [4.78, 5) is 17.1. The normalized spacial score (nSPS) is 30.5. The number of fused-ring (bicyclic) bond motifs is 1. The molecule has 21 heavy (non-hydrogen) atoms. The van der Waals surface area contributed by atoms with Gasteiger partial charge in [-0.15, -0.1) is 0 Å². The van der Waals surface area contributed by atoms with Crippen molar-refractivity contribution in [1.82, 2.24) is 14.7 Å². The first-order valence-corrected chi connectivity index (χ1v) is 8.23. The summed E-state index contributed by atoms with van der Waals surface area (Å²) in [5, 5.41) is 4.19. The molecule has 0 spiro atoms. The standard InChI is InChI=1S/C16H24N4O/c1-18-10-14(6-17-18)20-9-13-8-19(11-15(13)16(20)21)7-12-4-2-3-5-12/h6,10,12-13,15H,2-5,7-9,11H2,1H3/t13-,15-/m0/s1. The predicted molar refractivity (Wildman–Crippen MR) is 80.9 cm³/mol. The van der Waals surface area contributed by atoms with Crippen LogP contribution in [-0.4, -0.2) is 46.8 Å². The fraction of sp³-hybridized carbons (Fsp3) is 0.750. The molecule has 5 heteroatoms. The number of nitrogens with zero attached hydrogens (tertiary/aromatic N) is 4. The van der Waals surface area contributed by atoms with Crippen molar-refractivity contribution >= 4 is 11.6 Å². The zero-order valence-corrected chi connectivity index (χ0v) is 12.7. The predicted octanol–water partition coefficient (Wildman–Crippen LogP) is 1.50. The van der Waals surface area contributed by atoms with Gasteiger partial charge in [0.25, 0.3) is 0 Å². The van der Waals surface area contributed by atoms with E-state index in [2.05, 4.69) is 10.00 Å². The highest BCUT2D eigenvalue weighted by Gasteiger charge is 2.47. The second-order valence-corrected chi connectivity index (χ2v) is 7.06. The average molecular weight is 288 g/mol. The lowest BCUT2D eigenvalue weighted by atomic mass is 10.0. The number of amides is 1. The van der Waals surface area contributed by atoms with E-state index in [1.165, 1.54) is 32.2 Å². The van der Waals surface area contributed by atoms with Gasteiger partial charge in [-0.3, -0.25) is 9.48 Å². The largest absolute Gasteiger partial charge is 0.309 e. The van der Waals surface area contributed by atoms with E-state index in [0.29, 0.717) is 11.8 Å². The van der Waals surface area contributed by atoms with Gasteiger partial charge in [-0.1, -0.05) is 12.8 Å². The van der Waals surface area contributed by atoms with Crippen LogP contribution in [0.3, 0.4) is 0 Å². The van der Waals surface area contributed by atoms with Gasteiger partial charge in [0.05, 0.1) is 17.8 Å². The summed E-state index contributed by atoms with van der Waals surface area (Å²) >= 11 is 0. The second kappa shape index (κ2) is 5.13. The number of carbonyl (C=O) groups is 1. The number of carbonyl (C=O) groups excluding carboxylic acids is 1. The monoisotopic (exact) mass is 288 g/mol. The van der Waals surface area contributed by atoms with Crippen LogP contribution >= 0.6 is 0 Å². The fourth-order valence-corrected chi connectivity index (χ4v) is 4.44. The Kier molecular flexibility index (Phi) is 3.25. The van der Waals surface area contributed by atoms with E-state index in [1.54, 1.807) is 10.9 Å². The van der Waals surface area contributed by atoms with Crippen LogP contribution in [0.2, 0.25) is 0 Å². The molecule has 1 saturated carbocycles. The molecule has 1 aromatic rings. The van der Waals surface area contributed by atoms with Gasteiger partial charge in [0.1, 0.15) is 0 Å². The molecule has 0 radical (unpaired) electrons. The number of aromatic nitrogens is 2. The first kappa shape index (κ1) is 13.3. The lowest BCUT2D eigenvalue weighted by Crippen LogP contribution is -2.34. The highest BCUT2D eigenvalue weighted by atomic mass is 16.2. The van der Waals surface area contributed by atoms with Crippen LogP contribution in [0.1, 0.15) is 25.7 Å². The summed E-state index contributed by atoms with van der Waals surface area (Å²) in [5.74, 6) is 1.92. The molecule has 3 aliphatic rings. The lowest BCUT2D eigenvalue weighted by molar-refractivity contribution is -0.120. The maximum Gasteiger partial charge on any atom is 0.231 e. The van der Waals surface area contributed by atoms with Crippen molar-refractivity contribution in [3.05, 3.63) is 12.4 Å². The molecule has 0 aromatic carbocycles. The molecule has 2 atom stereocenters. The van der Waals surface area contributed by atoms with Gasteiger partial charge in [-0.05, 0) is 18.8 Å². The SMILES string of the molecule is Cn1cc(N2C[C@@H]3CN(CC4CCCC4)C[C@@H]3C2=O)cn1. The third-order valence-corrected chi connectivity index (χ3v) is 5.51. The van der Waals surface area contributed by atoms with Crippen LogP contribution in [0.4, 0.5) is 5.69 Å². The van der Waals surface area contributed by atoms with Gasteiger partial charge in [0, 0.05) is 45.3 Å². The second-order valence-electron chi connectivity index (χ2n) is 7.06. The number of hydrogen-bond donors (Lipinski definition) is 0. The summed E-state index contributed by atoms with van der Waals surface area (Å²) in [5.41, 5.74) is 0.958. The summed E-state index contributed by atoms with van der Waals surface area (Å²) < 4.78 is 1.77. The zero-order valence-electron chi connectivity index (χ0n) is 12.7. The Balaban J connectivity index is 1.40. The molecule has 1 amide bonds. The van der Waals surface area contributed by atoms with E-state index in [9.17, 15) is 4.79 Å². The van der Waals surface area contributed by atoms with Crippen LogP contribution < -0.4 is 4.90 Å². The van der Waals surface area contributed by atoms with Gasteiger partial charge in [0.2, 0.25) is 5.91 Å². The molecule has 0 bridgehead atoms. The van der Waals surface area contributed by atoms with E-state index < -0.39 is 0 Å². The van der Waals surface area contributed by atoms with Crippen molar-refractivity contribution in [2.45, 2.75) is 25.7 Å². The first-order chi connectivity index (χ1) is 10.2. The molecule has 3 fully saturated rings. The minimum Gasteiger partial charge on any atom is -0.309 e. The third-order valence-electron chi connectivity index (χ3n) is 5.51. The van der Waals surface area contributed by atoms with E-state index >= 15 is 0 Å². The Morgan fingerprint density at radius 1 is 1.24 bits per heavy atom. The quantitative estimate of drug-likeness (QED) is 0.846. The third kappa shape index (κ3) is 2.37. The van der Waals surface area contributed by atoms with Crippen molar-refractivity contribution in [1.29, 1.82) is 0 Å². The molecule has 2 saturated heterocycles. The van der Waals surface area contributed by atoms with E-state index in [4.69, 9.17) is 0 Å². The molecule has 0 unspecified atom stereocenters. The van der Waals surface area contributed by atoms with Crippen LogP contribution in [0.15, 0.2) is 12.4 Å². The number of rotatable bonds is 3. The van der Waals surface area contributed by atoms with E-state index in [-0.39, 0.29) is 5.92 Å². The van der Waals surface area contributed by atoms with Crippen LogP contribution in [-0.2, 0) is 11.8 Å². The molecule has 1 aromatic heterocycles. The number of hydrogen-bond acceptors (Lipinski definition) is 3. The number of likely N-dealkylation sites (tertiary alicyclic amines) is 1. The maximum atomic E-state index is 12.6. The summed E-state index contributed by atoms with van der Waals surface area (Å²) in [6.07, 6.45) is 9.33. The molecule has 3 heterocycles. The zero-order chi connectivity index (χ0) is 14.4. The van der Waals surface area contributed by atoms with Crippen molar-refractivity contribution in [2.24, 2.45) is 24.8 Å². The molecule has 0 N–H and O–H groups in total. The van der Waals surface area contributed by atoms with Gasteiger partial charge >= 0.3 is 0 Å². The molecule has 1 aliphatic carbocycles.